The number of aromatic nitrogens is 1. The Morgan fingerprint density at radius 2 is 1.55 bits per heavy atom. The minimum atomic E-state index is -2.66. The van der Waals surface area contributed by atoms with Crippen LogP contribution in [0, 0.1) is 0 Å². The molecule has 3 rings (SSSR count). The summed E-state index contributed by atoms with van der Waals surface area (Å²) >= 11 is 6.21. The third kappa shape index (κ3) is 5.65. The number of aliphatic hydroxyl groups excluding tert-OH is 1. The molecule has 0 fully saturated rings. The first-order chi connectivity index (χ1) is 15.8. The van der Waals surface area contributed by atoms with Crippen LogP contribution in [0.2, 0.25) is 10.2 Å². The number of halogens is 1. The van der Waals surface area contributed by atoms with Crippen LogP contribution in [0.4, 0.5) is 0 Å². The number of nitrogens with zero attached hydrogens (tertiary/aromatic N) is 1. The monoisotopic (exact) mass is 485 g/mol. The van der Waals surface area contributed by atoms with Gasteiger partial charge in [-0.2, -0.15) is 0 Å². The van der Waals surface area contributed by atoms with Crippen LogP contribution in [0.25, 0.3) is 0 Å². The Kier molecular flexibility index (Phi) is 8.67. The summed E-state index contributed by atoms with van der Waals surface area (Å²) in [5.41, 5.74) is 0.568. The van der Waals surface area contributed by atoms with E-state index in [1.807, 2.05) is 12.1 Å². The van der Waals surface area contributed by atoms with E-state index in [2.05, 4.69) is 74.3 Å². The lowest BCUT2D eigenvalue weighted by atomic mass is 10.1. The molecule has 0 aliphatic carbocycles. The number of hydrogen-bond donors (Lipinski definition) is 1. The molecule has 2 aromatic carbocycles. The lowest BCUT2D eigenvalue weighted by molar-refractivity contribution is 0.0469. The summed E-state index contributed by atoms with van der Waals surface area (Å²) < 4.78 is 17.4. The number of ether oxygens (including phenoxy) is 2. The predicted molar refractivity (Wildman–Crippen MR) is 135 cm³/mol. The van der Waals surface area contributed by atoms with Crippen molar-refractivity contribution in [3.05, 3.63) is 83.6 Å². The van der Waals surface area contributed by atoms with Gasteiger partial charge < -0.3 is 19.0 Å². The average Bonchev–Trinajstić information content (AvgIpc) is 2.81. The molecule has 3 aromatic rings. The number of aliphatic hydroxyl groups is 1. The van der Waals surface area contributed by atoms with Gasteiger partial charge in [0, 0.05) is 25.5 Å². The van der Waals surface area contributed by atoms with Crippen LogP contribution < -0.4 is 15.1 Å². The molecule has 1 aromatic heterocycles. The molecule has 1 N–H and O–H groups in total. The summed E-state index contributed by atoms with van der Waals surface area (Å²) in [4.78, 5) is 4.06. The molecule has 1 atom stereocenters. The van der Waals surface area contributed by atoms with Gasteiger partial charge in [-0.1, -0.05) is 93.0 Å². The van der Waals surface area contributed by atoms with Crippen LogP contribution in [0.3, 0.4) is 0 Å². The highest BCUT2D eigenvalue weighted by atomic mass is 35.5. The molecular weight excluding hydrogens is 454 g/mol. The molecule has 1 unspecified atom stereocenters. The summed E-state index contributed by atoms with van der Waals surface area (Å²) in [6, 6.07) is 22.6. The molecule has 0 spiro atoms. The van der Waals surface area contributed by atoms with E-state index < -0.39 is 14.4 Å². The van der Waals surface area contributed by atoms with E-state index in [0.717, 1.165) is 0 Å². The third-order valence-electron chi connectivity index (χ3n) is 5.70. The number of rotatable bonds is 10. The van der Waals surface area contributed by atoms with E-state index in [9.17, 15) is 5.11 Å². The molecule has 5 nitrogen and oxygen atoms in total. The Morgan fingerprint density at radius 3 is 2.06 bits per heavy atom. The molecule has 0 aliphatic heterocycles. The Balaban J connectivity index is 1.90. The molecule has 0 radical (unpaired) electrons. The maximum absolute atomic E-state index is 11.0. The predicted octanol–water partition coefficient (Wildman–Crippen LogP) is 4.72. The largest absolute Gasteiger partial charge is 0.464 e. The van der Waals surface area contributed by atoms with Crippen LogP contribution in [0.15, 0.2) is 72.9 Å². The number of pyridine rings is 1. The Morgan fingerprint density at radius 1 is 0.970 bits per heavy atom. The minimum absolute atomic E-state index is 0.0176. The molecule has 176 valence electrons. The van der Waals surface area contributed by atoms with E-state index in [-0.39, 0.29) is 17.0 Å². The summed E-state index contributed by atoms with van der Waals surface area (Å²) in [6.07, 6.45) is 1.12. The molecule has 33 heavy (non-hydrogen) atoms. The highest BCUT2D eigenvalue weighted by Crippen LogP contribution is 2.38. The van der Waals surface area contributed by atoms with Crippen LogP contribution in [-0.4, -0.2) is 38.9 Å². The second-order valence-corrected chi connectivity index (χ2v) is 13.6. The maximum atomic E-state index is 11.0. The first-order valence-electron chi connectivity index (χ1n) is 11.0. The Hall–Kier alpha value is -2.22. The molecule has 0 saturated carbocycles. The van der Waals surface area contributed by atoms with Gasteiger partial charge in [-0.25, -0.2) is 4.98 Å². The van der Waals surface area contributed by atoms with Gasteiger partial charge in [0.15, 0.2) is 17.7 Å². The SMILES string of the molecule is COCOc1c(C(O)CCO[Si](c2ccccc2)(c2ccccc2)C(C)(C)C)ccnc1Cl. The van der Waals surface area contributed by atoms with Crippen molar-refractivity contribution < 1.29 is 19.0 Å². The van der Waals surface area contributed by atoms with Gasteiger partial charge in [0.1, 0.15) is 0 Å². The van der Waals surface area contributed by atoms with Gasteiger partial charge in [-0.15, -0.1) is 0 Å². The standard InChI is InChI=1S/C26H32ClNO4Si/c1-26(2,3)33(20-11-7-5-8-12-20,21-13-9-6-10-14-21)32-18-16-23(29)22-15-17-28-25(27)24(22)31-19-30-4/h5-15,17,23,29H,16,18-19H2,1-4H3. The fraction of sp³-hybridized carbons (Fsp3) is 0.346. The topological polar surface area (TPSA) is 60.8 Å². The van der Waals surface area contributed by atoms with Crippen LogP contribution >= 0.6 is 11.6 Å². The van der Waals surface area contributed by atoms with E-state index in [1.165, 1.54) is 17.5 Å². The summed E-state index contributed by atoms with van der Waals surface area (Å²) in [7, 11) is -1.14. The van der Waals surface area contributed by atoms with E-state index >= 15 is 0 Å². The first-order valence-corrected chi connectivity index (χ1v) is 13.3. The van der Waals surface area contributed by atoms with Gasteiger partial charge in [0.25, 0.3) is 8.32 Å². The van der Waals surface area contributed by atoms with Gasteiger partial charge in [0.2, 0.25) is 0 Å². The zero-order chi connectivity index (χ0) is 23.9. The first kappa shape index (κ1) is 25.4. The van der Waals surface area contributed by atoms with Crippen molar-refractivity contribution in [1.29, 1.82) is 0 Å². The van der Waals surface area contributed by atoms with Crippen molar-refractivity contribution in [2.45, 2.75) is 38.3 Å². The summed E-state index contributed by atoms with van der Waals surface area (Å²) in [6.45, 7) is 7.08. The quantitative estimate of drug-likeness (QED) is 0.256. The second kappa shape index (κ2) is 11.3. The van der Waals surface area contributed by atoms with E-state index in [1.54, 1.807) is 12.3 Å². The smallest absolute Gasteiger partial charge is 0.261 e. The van der Waals surface area contributed by atoms with E-state index in [4.69, 9.17) is 25.5 Å². The molecular formula is C26H32ClNO4Si. The molecule has 0 aliphatic rings. The maximum Gasteiger partial charge on any atom is 0.261 e. The summed E-state index contributed by atoms with van der Waals surface area (Å²) in [5, 5.41) is 13.5. The average molecular weight is 486 g/mol. The van der Waals surface area contributed by atoms with Crippen molar-refractivity contribution in [1.82, 2.24) is 4.98 Å². The second-order valence-electron chi connectivity index (χ2n) is 8.89. The third-order valence-corrected chi connectivity index (χ3v) is 11.0. The van der Waals surface area contributed by atoms with Crippen molar-refractivity contribution in [2.24, 2.45) is 0 Å². The molecule has 7 heteroatoms. The molecule has 0 amide bonds. The molecule has 1 heterocycles. The van der Waals surface area contributed by atoms with Gasteiger partial charge in [0.05, 0.1) is 6.10 Å². The zero-order valence-electron chi connectivity index (χ0n) is 19.6. The van der Waals surface area contributed by atoms with Crippen molar-refractivity contribution in [3.63, 3.8) is 0 Å². The number of methoxy groups -OCH3 is 1. The minimum Gasteiger partial charge on any atom is -0.464 e. The van der Waals surface area contributed by atoms with Gasteiger partial charge in [-0.05, 0) is 27.9 Å². The fourth-order valence-corrected chi connectivity index (χ4v) is 9.00. The zero-order valence-corrected chi connectivity index (χ0v) is 21.4. The van der Waals surface area contributed by atoms with Crippen LogP contribution in [0.5, 0.6) is 5.75 Å². The van der Waals surface area contributed by atoms with Crippen molar-refractivity contribution in [3.8, 4) is 5.75 Å². The van der Waals surface area contributed by atoms with Gasteiger partial charge >= 0.3 is 0 Å². The highest BCUT2D eigenvalue weighted by Gasteiger charge is 2.50. The molecule has 0 bridgehead atoms. The Labute approximate surface area is 202 Å². The normalized spacial score (nSPS) is 13.0. The van der Waals surface area contributed by atoms with Crippen LogP contribution in [-0.2, 0) is 9.16 Å². The number of hydrogen-bond acceptors (Lipinski definition) is 5. The van der Waals surface area contributed by atoms with Crippen molar-refractivity contribution in [2.75, 3.05) is 20.5 Å². The highest BCUT2D eigenvalue weighted by molar-refractivity contribution is 6.99. The number of benzene rings is 2. The van der Waals surface area contributed by atoms with E-state index in [0.29, 0.717) is 24.3 Å². The lowest BCUT2D eigenvalue weighted by Gasteiger charge is -2.43. The van der Waals surface area contributed by atoms with Gasteiger partial charge in [-0.3, -0.25) is 0 Å². The van der Waals surface area contributed by atoms with Crippen molar-refractivity contribution >= 4 is 30.3 Å². The lowest BCUT2D eigenvalue weighted by Crippen LogP contribution is -2.66. The van der Waals surface area contributed by atoms with Crippen LogP contribution in [0.1, 0.15) is 38.9 Å². The summed E-state index contributed by atoms with van der Waals surface area (Å²) in [5.74, 6) is 0.332. The fourth-order valence-electron chi connectivity index (χ4n) is 4.20. The molecule has 0 saturated heterocycles. The Bertz CT molecular complexity index is 972.